The largest absolute Gasteiger partial charge is 0.310 e. The molecule has 12 aromatic carbocycles. The molecular weight excluding hydrogens is 963 g/mol. The molecule has 13 aromatic rings. The third-order valence-corrected chi connectivity index (χ3v) is 18.4. The SMILES string of the molecule is CC1(C)c2cc(N(c3ccccc3)c3ccc4c(c3)Sc3c(ccc5c3c3c(N(c6ccccc6)c6ccccc6)cccc3n5-c3ccccc3)C43c4ccccc4-c4ccccc43)ccc2-c2cc3ccccc3cc21. The van der Waals surface area contributed by atoms with Gasteiger partial charge in [0.25, 0.3) is 0 Å². The molecule has 3 nitrogen and oxygen atoms in total. The fourth-order valence-corrected chi connectivity index (χ4v) is 15.2. The molecule has 2 aliphatic carbocycles. The molecule has 78 heavy (non-hydrogen) atoms. The number of fused-ring (bicyclic) bond motifs is 17. The first-order chi connectivity index (χ1) is 38.5. The molecule has 0 atom stereocenters. The third kappa shape index (κ3) is 6.35. The molecule has 0 amide bonds. The standard InChI is InChI=1S/C74H51N3S/c1-73(2)64-45-49-23-16-15-22-48(49)44-59(64)58-40-38-54(46-65(58)73)75(50-24-7-3-8-25-50)55-39-41-62-69(47-55)78-72-63(74(62)60-34-19-17-32-56(60)57-33-18-20-35-61(57)74)42-43-68-71(72)70-66(36-21-37-67(70)77(68)53-30-13-6-14-31-53)76(51-26-9-4-10-27-51)52-28-11-5-12-29-52/h3-47H,1-2H3. The molecule has 0 saturated carbocycles. The molecule has 0 fully saturated rings. The van der Waals surface area contributed by atoms with E-state index in [2.05, 4.69) is 301 Å². The highest BCUT2D eigenvalue weighted by Crippen LogP contribution is 2.65. The lowest BCUT2D eigenvalue weighted by molar-refractivity contribution is 0.661. The van der Waals surface area contributed by atoms with Gasteiger partial charge in [-0.1, -0.05) is 195 Å². The maximum Gasteiger partial charge on any atom is 0.0735 e. The maximum absolute atomic E-state index is 2.50. The molecule has 16 rings (SSSR count). The average Bonchev–Trinajstić information content (AvgIpc) is 3.55. The minimum absolute atomic E-state index is 0.197. The normalized spacial score (nSPS) is 13.9. The summed E-state index contributed by atoms with van der Waals surface area (Å²) < 4.78 is 2.49. The number of anilines is 6. The van der Waals surface area contributed by atoms with E-state index in [4.69, 9.17) is 0 Å². The van der Waals surface area contributed by atoms with Crippen molar-refractivity contribution in [3.8, 4) is 27.9 Å². The molecule has 1 aromatic heterocycles. The Morgan fingerprint density at radius 1 is 0.333 bits per heavy atom. The number of hydrogen-bond donors (Lipinski definition) is 0. The zero-order chi connectivity index (χ0) is 51.7. The van der Waals surface area contributed by atoms with Crippen LogP contribution in [0.1, 0.15) is 47.2 Å². The van der Waals surface area contributed by atoms with Crippen LogP contribution in [-0.2, 0) is 10.8 Å². The number of aromatic nitrogens is 1. The number of hydrogen-bond acceptors (Lipinski definition) is 3. The van der Waals surface area contributed by atoms with Crippen molar-refractivity contribution in [3.05, 3.63) is 306 Å². The van der Waals surface area contributed by atoms with Crippen LogP contribution in [-0.4, -0.2) is 4.57 Å². The van der Waals surface area contributed by atoms with Gasteiger partial charge in [0.2, 0.25) is 0 Å². The topological polar surface area (TPSA) is 11.4 Å². The van der Waals surface area contributed by atoms with Crippen molar-refractivity contribution in [1.82, 2.24) is 4.57 Å². The van der Waals surface area contributed by atoms with E-state index in [1.165, 1.54) is 92.5 Å². The summed E-state index contributed by atoms with van der Waals surface area (Å²) >= 11 is 1.93. The molecule has 4 heteroatoms. The van der Waals surface area contributed by atoms with Crippen LogP contribution >= 0.6 is 11.8 Å². The second-order valence-electron chi connectivity index (χ2n) is 21.6. The molecule has 1 aliphatic heterocycles. The first-order valence-corrected chi connectivity index (χ1v) is 27.9. The summed E-state index contributed by atoms with van der Waals surface area (Å²) in [4.78, 5) is 7.43. The molecule has 2 heterocycles. The molecule has 368 valence electrons. The van der Waals surface area contributed by atoms with E-state index in [1.807, 2.05) is 11.8 Å². The van der Waals surface area contributed by atoms with Crippen LogP contribution in [0.15, 0.2) is 283 Å². The van der Waals surface area contributed by atoms with Crippen molar-refractivity contribution in [2.75, 3.05) is 9.80 Å². The van der Waals surface area contributed by atoms with E-state index in [0.29, 0.717) is 0 Å². The fourth-order valence-electron chi connectivity index (χ4n) is 13.8. The second kappa shape index (κ2) is 17.1. The summed E-state index contributed by atoms with van der Waals surface area (Å²) in [6, 6.07) is 102. The minimum atomic E-state index is -0.616. The van der Waals surface area contributed by atoms with Crippen molar-refractivity contribution < 1.29 is 0 Å². The Morgan fingerprint density at radius 3 is 1.51 bits per heavy atom. The lowest BCUT2D eigenvalue weighted by atomic mass is 9.67. The molecule has 0 unspecified atom stereocenters. The van der Waals surface area contributed by atoms with Crippen LogP contribution in [0.2, 0.25) is 0 Å². The quantitative estimate of drug-likeness (QED) is 0.158. The minimum Gasteiger partial charge on any atom is -0.310 e. The predicted molar refractivity (Wildman–Crippen MR) is 327 cm³/mol. The lowest BCUT2D eigenvalue weighted by Crippen LogP contribution is -2.32. The van der Waals surface area contributed by atoms with E-state index in [9.17, 15) is 0 Å². The smallest absolute Gasteiger partial charge is 0.0735 e. The second-order valence-corrected chi connectivity index (χ2v) is 22.6. The van der Waals surface area contributed by atoms with E-state index in [-0.39, 0.29) is 5.41 Å². The molecule has 0 saturated heterocycles. The van der Waals surface area contributed by atoms with Crippen LogP contribution in [0.4, 0.5) is 34.1 Å². The first kappa shape index (κ1) is 44.9. The van der Waals surface area contributed by atoms with E-state index in [1.54, 1.807) is 0 Å². The Morgan fingerprint density at radius 2 is 0.846 bits per heavy atom. The Labute approximate surface area is 458 Å². The van der Waals surface area contributed by atoms with Gasteiger partial charge in [0.15, 0.2) is 0 Å². The van der Waals surface area contributed by atoms with Crippen LogP contribution in [0, 0.1) is 0 Å². The van der Waals surface area contributed by atoms with E-state index >= 15 is 0 Å². The van der Waals surface area contributed by atoms with Gasteiger partial charge >= 0.3 is 0 Å². The van der Waals surface area contributed by atoms with Crippen molar-refractivity contribution in [1.29, 1.82) is 0 Å². The van der Waals surface area contributed by atoms with Crippen molar-refractivity contribution in [2.24, 2.45) is 0 Å². The van der Waals surface area contributed by atoms with Gasteiger partial charge in [-0.25, -0.2) is 0 Å². The van der Waals surface area contributed by atoms with Crippen LogP contribution in [0.3, 0.4) is 0 Å². The molecule has 3 aliphatic rings. The fraction of sp³-hybridized carbons (Fsp3) is 0.0541. The highest BCUT2D eigenvalue weighted by atomic mass is 32.2. The summed E-state index contributed by atoms with van der Waals surface area (Å²) in [5.41, 5.74) is 22.5. The zero-order valence-corrected chi connectivity index (χ0v) is 44.0. The summed E-state index contributed by atoms with van der Waals surface area (Å²) in [5.74, 6) is 0. The molecule has 1 spiro atoms. The van der Waals surface area contributed by atoms with Gasteiger partial charge in [-0.3, -0.25) is 0 Å². The molecule has 0 N–H and O–H groups in total. The number of nitrogens with zero attached hydrogens (tertiary/aromatic N) is 3. The average molecular weight is 1010 g/mol. The van der Waals surface area contributed by atoms with Gasteiger partial charge < -0.3 is 14.4 Å². The predicted octanol–water partition coefficient (Wildman–Crippen LogP) is 20.0. The summed E-state index contributed by atoms with van der Waals surface area (Å²) in [7, 11) is 0. The van der Waals surface area contributed by atoms with Crippen molar-refractivity contribution >= 4 is 78.5 Å². The van der Waals surface area contributed by atoms with E-state index < -0.39 is 5.41 Å². The number of rotatable bonds is 7. The molecular formula is C74H51N3S. The first-order valence-electron chi connectivity index (χ1n) is 27.1. The van der Waals surface area contributed by atoms with Gasteiger partial charge in [-0.2, -0.15) is 0 Å². The van der Waals surface area contributed by atoms with Crippen molar-refractivity contribution in [2.45, 2.75) is 34.5 Å². The van der Waals surface area contributed by atoms with Crippen molar-refractivity contribution in [3.63, 3.8) is 0 Å². The Kier molecular flexibility index (Phi) is 9.83. The summed E-state index contributed by atoms with van der Waals surface area (Å²) in [6.45, 7) is 4.79. The number of para-hydroxylation sites is 4. The Hall–Kier alpha value is -9.35. The maximum atomic E-state index is 2.50. The van der Waals surface area contributed by atoms with Gasteiger partial charge in [-0.05, 0) is 170 Å². The van der Waals surface area contributed by atoms with Gasteiger partial charge in [0.1, 0.15) is 0 Å². The number of benzene rings is 12. The van der Waals surface area contributed by atoms with Gasteiger partial charge in [-0.15, -0.1) is 0 Å². The summed E-state index contributed by atoms with van der Waals surface area (Å²) in [5, 5.41) is 5.01. The van der Waals surface area contributed by atoms with E-state index in [0.717, 1.165) is 45.3 Å². The van der Waals surface area contributed by atoms with Crippen LogP contribution in [0.25, 0.3) is 60.5 Å². The zero-order valence-electron chi connectivity index (χ0n) is 43.2. The van der Waals surface area contributed by atoms with Crippen LogP contribution in [0.5, 0.6) is 0 Å². The van der Waals surface area contributed by atoms with Gasteiger partial charge in [0.05, 0.1) is 22.1 Å². The highest BCUT2D eigenvalue weighted by molar-refractivity contribution is 7.99. The highest BCUT2D eigenvalue weighted by Gasteiger charge is 2.51. The Balaban J connectivity index is 0.980. The lowest BCUT2D eigenvalue weighted by Gasteiger charge is -2.40. The molecule has 0 bridgehead atoms. The van der Waals surface area contributed by atoms with Crippen LogP contribution < -0.4 is 9.80 Å². The third-order valence-electron chi connectivity index (χ3n) is 17.2. The molecule has 0 radical (unpaired) electrons. The van der Waals surface area contributed by atoms with Gasteiger partial charge in [0, 0.05) is 60.1 Å². The Bertz CT molecular complexity index is 4480. The summed E-state index contributed by atoms with van der Waals surface area (Å²) in [6.07, 6.45) is 0. The monoisotopic (exact) mass is 1010 g/mol.